The van der Waals surface area contributed by atoms with Crippen LogP contribution in [-0.4, -0.2) is 27.6 Å². The lowest BCUT2D eigenvalue weighted by Gasteiger charge is -2.26. The van der Waals surface area contributed by atoms with Crippen molar-refractivity contribution >= 4 is 23.1 Å². The van der Waals surface area contributed by atoms with Crippen LogP contribution in [-0.2, 0) is 0 Å². The van der Waals surface area contributed by atoms with Crippen LogP contribution in [0, 0.1) is 5.82 Å². The van der Waals surface area contributed by atoms with Crippen LogP contribution < -0.4 is 10.6 Å². The largest absolute Gasteiger partial charge is 0.340 e. The summed E-state index contributed by atoms with van der Waals surface area (Å²) in [7, 11) is 0. The normalized spacial score (nSPS) is 14.4. The second-order valence-electron chi connectivity index (χ2n) is 7.90. The maximum Gasteiger partial charge on any atom is 0.130 e. The van der Waals surface area contributed by atoms with Gasteiger partial charge in [-0.2, -0.15) is 0 Å². The summed E-state index contributed by atoms with van der Waals surface area (Å²) in [4.78, 5) is 9.25. The van der Waals surface area contributed by atoms with E-state index in [4.69, 9.17) is 16.6 Å². The summed E-state index contributed by atoms with van der Waals surface area (Å²) in [6, 6.07) is 18.4. The fourth-order valence-electron chi connectivity index (χ4n) is 4.15. The summed E-state index contributed by atoms with van der Waals surface area (Å²) in [6.07, 6.45) is 5.78. The number of rotatable bonds is 5. The molecule has 0 saturated carbocycles. The van der Waals surface area contributed by atoms with Crippen molar-refractivity contribution in [3.8, 4) is 22.5 Å². The van der Waals surface area contributed by atoms with Crippen molar-refractivity contribution < 1.29 is 4.39 Å². The standard InChI is InChI=1S/C25H23ClFN5/c26-19-3-7-21(8-4-19)31-23-15-18(9-14-29-23)25-24(17-1-5-20(27)6-2-17)30-16-32(25)22-10-12-28-13-11-22/h1-9,14-16,22,28H,10-13H2,(H,29,31). The minimum atomic E-state index is -0.258. The number of anilines is 2. The Kier molecular flexibility index (Phi) is 5.88. The lowest BCUT2D eigenvalue weighted by Crippen LogP contribution is -2.29. The van der Waals surface area contributed by atoms with E-state index in [1.54, 1.807) is 18.3 Å². The van der Waals surface area contributed by atoms with Gasteiger partial charge in [-0.1, -0.05) is 11.6 Å². The van der Waals surface area contributed by atoms with Gasteiger partial charge in [-0.3, -0.25) is 0 Å². The summed E-state index contributed by atoms with van der Waals surface area (Å²) in [5.74, 6) is 0.472. The Labute approximate surface area is 191 Å². The molecule has 1 aliphatic heterocycles. The van der Waals surface area contributed by atoms with Crippen molar-refractivity contribution in [2.24, 2.45) is 0 Å². The van der Waals surface area contributed by atoms with Crippen molar-refractivity contribution in [3.05, 3.63) is 84.0 Å². The van der Waals surface area contributed by atoms with E-state index in [0.717, 1.165) is 60.0 Å². The van der Waals surface area contributed by atoms with Gasteiger partial charge in [-0.05, 0) is 86.6 Å². The fourth-order valence-corrected chi connectivity index (χ4v) is 4.28. The van der Waals surface area contributed by atoms with Gasteiger partial charge >= 0.3 is 0 Å². The number of nitrogens with one attached hydrogen (secondary N) is 2. The van der Waals surface area contributed by atoms with Crippen molar-refractivity contribution in [2.45, 2.75) is 18.9 Å². The third-order valence-corrected chi connectivity index (χ3v) is 6.02. The molecule has 7 heteroatoms. The Bertz CT molecular complexity index is 1200. The van der Waals surface area contributed by atoms with Gasteiger partial charge in [0, 0.05) is 34.1 Å². The monoisotopic (exact) mass is 447 g/mol. The van der Waals surface area contributed by atoms with Crippen LogP contribution in [0.15, 0.2) is 73.2 Å². The summed E-state index contributed by atoms with van der Waals surface area (Å²) in [6.45, 7) is 1.96. The van der Waals surface area contributed by atoms with E-state index in [0.29, 0.717) is 11.1 Å². The summed E-state index contributed by atoms with van der Waals surface area (Å²) in [5.41, 5.74) is 4.66. The molecule has 0 aliphatic carbocycles. The summed E-state index contributed by atoms with van der Waals surface area (Å²) in [5, 5.41) is 7.45. The minimum Gasteiger partial charge on any atom is -0.340 e. The molecule has 2 aromatic heterocycles. The van der Waals surface area contributed by atoms with E-state index < -0.39 is 0 Å². The highest BCUT2D eigenvalue weighted by atomic mass is 35.5. The van der Waals surface area contributed by atoms with Gasteiger partial charge in [-0.15, -0.1) is 0 Å². The van der Waals surface area contributed by atoms with Gasteiger partial charge in [0.15, 0.2) is 0 Å². The average molecular weight is 448 g/mol. The SMILES string of the molecule is Fc1ccc(-c2ncn(C3CCNCC3)c2-c2ccnc(Nc3ccc(Cl)cc3)c2)cc1. The maximum absolute atomic E-state index is 13.5. The number of hydrogen-bond acceptors (Lipinski definition) is 4. The van der Waals surface area contributed by atoms with E-state index >= 15 is 0 Å². The molecule has 0 spiro atoms. The molecule has 32 heavy (non-hydrogen) atoms. The number of nitrogens with zero attached hydrogens (tertiary/aromatic N) is 3. The Morgan fingerprint density at radius 1 is 0.938 bits per heavy atom. The first-order valence-corrected chi connectivity index (χ1v) is 11.1. The van der Waals surface area contributed by atoms with Gasteiger partial charge in [-0.25, -0.2) is 14.4 Å². The minimum absolute atomic E-state index is 0.258. The highest BCUT2D eigenvalue weighted by Crippen LogP contribution is 2.36. The average Bonchev–Trinajstić information content (AvgIpc) is 3.27. The first-order chi connectivity index (χ1) is 15.7. The topological polar surface area (TPSA) is 54.8 Å². The van der Waals surface area contributed by atoms with E-state index in [9.17, 15) is 4.39 Å². The Morgan fingerprint density at radius 3 is 2.44 bits per heavy atom. The van der Waals surface area contributed by atoms with E-state index in [1.165, 1.54) is 12.1 Å². The predicted molar refractivity (Wildman–Crippen MR) is 127 cm³/mol. The number of benzene rings is 2. The molecule has 2 N–H and O–H groups in total. The molecule has 0 bridgehead atoms. The number of hydrogen-bond donors (Lipinski definition) is 2. The molecule has 162 valence electrons. The van der Waals surface area contributed by atoms with Crippen LogP contribution in [0.5, 0.6) is 0 Å². The molecule has 1 aliphatic rings. The molecule has 2 aromatic carbocycles. The molecule has 4 aromatic rings. The Morgan fingerprint density at radius 2 is 1.69 bits per heavy atom. The summed E-state index contributed by atoms with van der Waals surface area (Å²) >= 11 is 6.00. The number of halogens is 2. The number of aromatic nitrogens is 3. The number of piperidine rings is 1. The molecule has 1 saturated heterocycles. The molecule has 0 radical (unpaired) electrons. The van der Waals surface area contributed by atoms with Crippen LogP contribution >= 0.6 is 11.6 Å². The highest BCUT2D eigenvalue weighted by molar-refractivity contribution is 6.30. The van der Waals surface area contributed by atoms with Gasteiger partial charge in [0.05, 0.1) is 17.7 Å². The number of imidazole rings is 1. The molecule has 5 nitrogen and oxygen atoms in total. The predicted octanol–water partition coefficient (Wildman–Crippen LogP) is 6.07. The van der Waals surface area contributed by atoms with E-state index in [2.05, 4.69) is 20.2 Å². The smallest absolute Gasteiger partial charge is 0.130 e. The molecule has 0 amide bonds. The van der Waals surface area contributed by atoms with Gasteiger partial charge in [0.2, 0.25) is 0 Å². The maximum atomic E-state index is 13.5. The second-order valence-corrected chi connectivity index (χ2v) is 8.34. The zero-order valence-corrected chi connectivity index (χ0v) is 18.2. The fraction of sp³-hybridized carbons (Fsp3) is 0.200. The number of pyridine rings is 1. The summed E-state index contributed by atoms with van der Waals surface area (Å²) < 4.78 is 15.8. The molecular weight excluding hydrogens is 425 g/mol. The van der Waals surface area contributed by atoms with Crippen LogP contribution in [0.4, 0.5) is 15.9 Å². The van der Waals surface area contributed by atoms with Crippen LogP contribution in [0.2, 0.25) is 5.02 Å². The van der Waals surface area contributed by atoms with Gasteiger partial charge in [0.1, 0.15) is 11.6 Å². The van der Waals surface area contributed by atoms with Crippen molar-refractivity contribution in [3.63, 3.8) is 0 Å². The molecule has 0 unspecified atom stereocenters. The van der Waals surface area contributed by atoms with Crippen LogP contribution in [0.25, 0.3) is 22.5 Å². The molecule has 5 rings (SSSR count). The Balaban J connectivity index is 1.57. The molecular formula is C25H23ClFN5. The third kappa shape index (κ3) is 4.38. The van der Waals surface area contributed by atoms with Crippen molar-refractivity contribution in [1.29, 1.82) is 0 Å². The van der Waals surface area contributed by atoms with Crippen molar-refractivity contribution in [2.75, 3.05) is 18.4 Å². The van der Waals surface area contributed by atoms with Gasteiger partial charge < -0.3 is 15.2 Å². The first-order valence-electron chi connectivity index (χ1n) is 10.7. The first kappa shape index (κ1) is 20.7. The van der Waals surface area contributed by atoms with E-state index in [-0.39, 0.29) is 5.82 Å². The lowest BCUT2D eigenvalue weighted by molar-refractivity contribution is 0.370. The molecule has 1 fully saturated rings. The van der Waals surface area contributed by atoms with Crippen LogP contribution in [0.3, 0.4) is 0 Å². The zero-order valence-electron chi connectivity index (χ0n) is 17.4. The van der Waals surface area contributed by atoms with E-state index in [1.807, 2.05) is 42.7 Å². The third-order valence-electron chi connectivity index (χ3n) is 5.76. The molecule has 3 heterocycles. The lowest BCUT2D eigenvalue weighted by atomic mass is 10.0. The van der Waals surface area contributed by atoms with Crippen molar-refractivity contribution in [1.82, 2.24) is 19.9 Å². The zero-order chi connectivity index (χ0) is 21.9. The molecule has 0 atom stereocenters. The quantitative estimate of drug-likeness (QED) is 0.389. The highest BCUT2D eigenvalue weighted by Gasteiger charge is 2.22. The second kappa shape index (κ2) is 9.10. The van der Waals surface area contributed by atoms with Crippen LogP contribution in [0.1, 0.15) is 18.9 Å². The Hall–Kier alpha value is -3.22. The van der Waals surface area contributed by atoms with Gasteiger partial charge in [0.25, 0.3) is 0 Å².